The number of rotatable bonds is 21. The van der Waals surface area contributed by atoms with Crippen molar-refractivity contribution in [2.75, 3.05) is 26.2 Å². The number of carbonyl (C=O) groups excluding carboxylic acids is 1. The summed E-state index contributed by atoms with van der Waals surface area (Å²) < 4.78 is 0.218. The molecule has 0 radical (unpaired) electrons. The third-order valence-corrected chi connectivity index (χ3v) is 5.43. The number of unbranched alkanes of at least 4 members (excludes halogenated alkanes) is 9. The zero-order valence-electron chi connectivity index (χ0n) is 17.8. The lowest BCUT2D eigenvalue weighted by atomic mass is 10.1. The Morgan fingerprint density at radius 3 is 1.52 bits per heavy atom. The number of aliphatic carboxylic acids is 3. The highest BCUT2D eigenvalue weighted by atomic mass is 16.4. The first-order valence-electron chi connectivity index (χ1n) is 10.9. The van der Waals surface area contributed by atoms with Crippen LogP contribution < -0.4 is 5.11 Å². The third kappa shape index (κ3) is 16.7. The summed E-state index contributed by atoms with van der Waals surface area (Å²) in [5.41, 5.74) is 0. The van der Waals surface area contributed by atoms with E-state index in [1.54, 1.807) is 0 Å². The quantitative estimate of drug-likeness (QED) is 0.170. The number of carbonyl (C=O) groups is 3. The zero-order valence-corrected chi connectivity index (χ0v) is 17.8. The molecule has 0 heterocycles. The summed E-state index contributed by atoms with van der Waals surface area (Å²) >= 11 is 0. The van der Waals surface area contributed by atoms with Gasteiger partial charge in [-0.25, -0.2) is 0 Å². The Morgan fingerprint density at radius 1 is 0.690 bits per heavy atom. The molecular weight excluding hydrogens is 374 g/mol. The minimum atomic E-state index is -1.19. The smallest absolute Gasteiger partial charge is 0.309 e. The predicted octanol–water partition coefficient (Wildman–Crippen LogP) is 2.98. The Kier molecular flexibility index (Phi) is 15.9. The molecule has 29 heavy (non-hydrogen) atoms. The Bertz CT molecular complexity index is 446. The molecule has 0 unspecified atom stereocenters. The van der Waals surface area contributed by atoms with Crippen LogP contribution in [0, 0.1) is 0 Å². The fraction of sp³-hybridized carbons (Fsp3) is 0.773. The van der Waals surface area contributed by atoms with E-state index in [0.717, 1.165) is 32.1 Å². The first-order chi connectivity index (χ1) is 13.8. The van der Waals surface area contributed by atoms with Crippen LogP contribution in [0.25, 0.3) is 0 Å². The molecule has 0 aliphatic heterocycles. The van der Waals surface area contributed by atoms with Gasteiger partial charge in [-0.1, -0.05) is 44.6 Å². The highest BCUT2D eigenvalue weighted by molar-refractivity contribution is 5.67. The van der Waals surface area contributed by atoms with E-state index in [1.807, 2.05) is 6.08 Å². The van der Waals surface area contributed by atoms with Crippen LogP contribution in [0.3, 0.4) is 0 Å². The molecule has 0 aliphatic carbocycles. The van der Waals surface area contributed by atoms with Gasteiger partial charge in [-0.3, -0.25) is 9.59 Å². The van der Waals surface area contributed by atoms with Gasteiger partial charge in [0.1, 0.15) is 0 Å². The van der Waals surface area contributed by atoms with E-state index >= 15 is 0 Å². The zero-order chi connectivity index (χ0) is 22.0. The lowest BCUT2D eigenvalue weighted by Crippen LogP contribution is -2.53. The van der Waals surface area contributed by atoms with Crippen LogP contribution in [0.2, 0.25) is 0 Å². The minimum absolute atomic E-state index is 0.0987. The van der Waals surface area contributed by atoms with E-state index in [-0.39, 0.29) is 43.4 Å². The molecule has 0 aliphatic rings. The maximum absolute atomic E-state index is 11.0. The van der Waals surface area contributed by atoms with Gasteiger partial charge in [-0.15, -0.1) is 6.58 Å². The average Bonchev–Trinajstić information content (AvgIpc) is 2.66. The van der Waals surface area contributed by atoms with Crippen LogP contribution in [0.5, 0.6) is 0 Å². The molecule has 0 aromatic carbocycles. The molecule has 0 atom stereocenters. The molecule has 0 bridgehead atoms. The predicted molar refractivity (Wildman–Crippen MR) is 110 cm³/mol. The highest BCUT2D eigenvalue weighted by Crippen LogP contribution is 2.17. The normalized spacial score (nSPS) is 11.3. The Hall–Kier alpha value is -1.89. The standard InChI is InChI=1S/C22H39NO6/c1-2-3-4-5-6-7-8-9-10-11-12-16-23(17-13-20(24)25,18-14-21(26)27)19-15-22(28)29/h2H,1,3-19H2,(H2-,24,25,26,27,28,29). The monoisotopic (exact) mass is 413 g/mol. The van der Waals surface area contributed by atoms with Crippen molar-refractivity contribution >= 4 is 17.9 Å². The van der Waals surface area contributed by atoms with Gasteiger partial charge in [0, 0.05) is 12.4 Å². The lowest BCUT2D eigenvalue weighted by Gasteiger charge is -2.38. The second kappa shape index (κ2) is 17.0. The number of nitrogens with zero attached hydrogens (tertiary/aromatic N) is 1. The maximum Gasteiger partial charge on any atom is 0.309 e. The molecule has 0 spiro atoms. The van der Waals surface area contributed by atoms with Crippen LogP contribution >= 0.6 is 0 Å². The molecule has 7 heteroatoms. The number of carboxylic acid groups (broad SMARTS) is 3. The minimum Gasteiger partial charge on any atom is -0.550 e. The highest BCUT2D eigenvalue weighted by Gasteiger charge is 2.28. The van der Waals surface area contributed by atoms with E-state index in [1.165, 1.54) is 32.1 Å². The van der Waals surface area contributed by atoms with E-state index in [9.17, 15) is 19.5 Å². The van der Waals surface area contributed by atoms with Crippen LogP contribution in [0.4, 0.5) is 0 Å². The van der Waals surface area contributed by atoms with Crippen molar-refractivity contribution in [2.45, 2.75) is 83.5 Å². The second-order valence-electron chi connectivity index (χ2n) is 7.90. The molecule has 0 aromatic rings. The largest absolute Gasteiger partial charge is 0.550 e. The van der Waals surface area contributed by atoms with Crippen molar-refractivity contribution in [1.82, 2.24) is 0 Å². The SMILES string of the molecule is C=CCCCCCCCCCCC[N+](CCC(=O)[O-])(CCC(=O)O)CCC(=O)O. The van der Waals surface area contributed by atoms with Crippen molar-refractivity contribution in [3.8, 4) is 0 Å². The number of allylic oxidation sites excluding steroid dienone is 1. The molecule has 0 fully saturated rings. The van der Waals surface area contributed by atoms with Crippen LogP contribution in [-0.2, 0) is 14.4 Å². The van der Waals surface area contributed by atoms with Gasteiger partial charge in [0.2, 0.25) is 0 Å². The number of hydrogen-bond acceptors (Lipinski definition) is 4. The molecule has 168 valence electrons. The topological polar surface area (TPSA) is 115 Å². The lowest BCUT2D eigenvalue weighted by molar-refractivity contribution is -0.927. The number of carboxylic acids is 3. The van der Waals surface area contributed by atoms with Crippen molar-refractivity contribution in [3.63, 3.8) is 0 Å². The summed E-state index contributed by atoms with van der Waals surface area (Å²) in [6.45, 7) is 5.05. The van der Waals surface area contributed by atoms with Gasteiger partial charge in [0.05, 0.1) is 39.0 Å². The summed E-state index contributed by atoms with van der Waals surface area (Å²) in [6, 6.07) is 0. The average molecular weight is 414 g/mol. The number of quaternary nitrogens is 1. The van der Waals surface area contributed by atoms with Crippen LogP contribution in [-0.4, -0.2) is 58.8 Å². The molecule has 0 amide bonds. The van der Waals surface area contributed by atoms with Gasteiger partial charge >= 0.3 is 11.9 Å². The Labute approximate surface area is 175 Å². The molecule has 0 saturated heterocycles. The maximum atomic E-state index is 11.0. The first kappa shape index (κ1) is 27.1. The summed E-state index contributed by atoms with van der Waals surface area (Å²) in [4.78, 5) is 33.0. The molecule has 7 nitrogen and oxygen atoms in total. The fourth-order valence-electron chi connectivity index (χ4n) is 3.64. The molecular formula is C22H39NO6. The first-order valence-corrected chi connectivity index (χ1v) is 10.9. The van der Waals surface area contributed by atoms with Crippen molar-refractivity contribution in [2.24, 2.45) is 0 Å². The van der Waals surface area contributed by atoms with Crippen molar-refractivity contribution < 1.29 is 34.2 Å². The van der Waals surface area contributed by atoms with Crippen LogP contribution in [0.15, 0.2) is 12.7 Å². The van der Waals surface area contributed by atoms with E-state index < -0.39 is 17.9 Å². The van der Waals surface area contributed by atoms with Gasteiger partial charge < -0.3 is 24.6 Å². The second-order valence-corrected chi connectivity index (χ2v) is 7.90. The van der Waals surface area contributed by atoms with Gasteiger partial charge in [0.15, 0.2) is 0 Å². The summed E-state index contributed by atoms with van der Waals surface area (Å²) in [5, 5.41) is 29.0. The van der Waals surface area contributed by atoms with Crippen LogP contribution in [0.1, 0.15) is 83.5 Å². The van der Waals surface area contributed by atoms with Gasteiger partial charge in [-0.05, 0) is 25.7 Å². The van der Waals surface area contributed by atoms with Crippen molar-refractivity contribution in [3.05, 3.63) is 12.7 Å². The van der Waals surface area contributed by atoms with Gasteiger partial charge in [-0.2, -0.15) is 0 Å². The van der Waals surface area contributed by atoms with Gasteiger partial charge in [0.25, 0.3) is 0 Å². The van der Waals surface area contributed by atoms with Crippen molar-refractivity contribution in [1.29, 1.82) is 0 Å². The van der Waals surface area contributed by atoms with E-state index in [4.69, 9.17) is 10.2 Å². The third-order valence-electron chi connectivity index (χ3n) is 5.43. The molecule has 0 saturated carbocycles. The Morgan fingerprint density at radius 2 is 1.10 bits per heavy atom. The van der Waals surface area contributed by atoms with E-state index in [0.29, 0.717) is 6.54 Å². The molecule has 0 aromatic heterocycles. The van der Waals surface area contributed by atoms with E-state index in [2.05, 4.69) is 6.58 Å². The molecule has 2 N–H and O–H groups in total. The molecule has 0 rings (SSSR count). The Balaban J connectivity index is 4.37. The fourth-order valence-corrected chi connectivity index (χ4v) is 3.64. The summed E-state index contributed by atoms with van der Waals surface area (Å²) in [6.07, 6.45) is 12.9. The number of hydrogen-bond donors (Lipinski definition) is 2. The summed E-state index contributed by atoms with van der Waals surface area (Å²) in [5.74, 6) is -3.10. The summed E-state index contributed by atoms with van der Waals surface area (Å²) in [7, 11) is 0.